The van der Waals surface area contributed by atoms with Crippen molar-refractivity contribution < 1.29 is 0 Å². The van der Waals surface area contributed by atoms with Crippen LogP contribution < -0.4 is 5.19 Å². The molecule has 4 aromatic heterocycles. The van der Waals surface area contributed by atoms with Gasteiger partial charge in [0, 0.05) is 66.1 Å². The number of aromatic nitrogens is 5. The highest BCUT2D eigenvalue weighted by atomic mass is 28.3. The van der Waals surface area contributed by atoms with Gasteiger partial charge in [0.1, 0.15) is 0 Å². The summed E-state index contributed by atoms with van der Waals surface area (Å²) in [4.78, 5) is 11.0. The second-order valence-electron chi connectivity index (χ2n) is 20.3. The van der Waals surface area contributed by atoms with Gasteiger partial charge in [-0.2, -0.15) is 0 Å². The fourth-order valence-corrected chi connectivity index (χ4v) is 12.6. The first-order valence-corrected chi connectivity index (χ1v) is 27.3. The Labute approximate surface area is 408 Å². The van der Waals surface area contributed by atoms with Crippen LogP contribution in [-0.2, 0) is 0 Å². The van der Waals surface area contributed by atoms with E-state index in [-0.39, 0.29) is 5.04 Å². The van der Waals surface area contributed by atoms with Crippen molar-refractivity contribution in [1.29, 1.82) is 0 Å². The van der Waals surface area contributed by atoms with Gasteiger partial charge in [-0.3, -0.25) is 0 Å². The summed E-state index contributed by atoms with van der Waals surface area (Å²) in [5, 5.41) is 9.01. The predicted molar refractivity (Wildman–Crippen MR) is 298 cm³/mol. The summed E-state index contributed by atoms with van der Waals surface area (Å²) in [5.41, 5.74) is 14.9. The quantitative estimate of drug-likeness (QED) is 0.149. The summed E-state index contributed by atoms with van der Waals surface area (Å²) in [7, 11) is -1.79. The van der Waals surface area contributed by atoms with Crippen molar-refractivity contribution >= 4 is 78.7 Å². The van der Waals surface area contributed by atoms with Gasteiger partial charge in [0.25, 0.3) is 0 Å². The number of hydrogen-bond acceptors (Lipinski definition) is 2. The normalized spacial score (nSPS) is 12.4. The number of benzene rings is 9. The molecule has 0 aliphatic rings. The molecule has 0 atom stereocenters. The van der Waals surface area contributed by atoms with E-state index in [1.807, 2.05) is 0 Å². The Bertz CT molecular complexity index is 3890. The van der Waals surface area contributed by atoms with Crippen molar-refractivity contribution in [3.63, 3.8) is 0 Å². The van der Waals surface area contributed by atoms with Gasteiger partial charge < -0.3 is 13.7 Å². The molecule has 4 heterocycles. The number of para-hydroxylation sites is 6. The molecule has 0 aliphatic carbocycles. The van der Waals surface area contributed by atoms with Crippen LogP contribution in [0.1, 0.15) is 20.8 Å². The molecule has 0 radical (unpaired) electrons. The van der Waals surface area contributed by atoms with E-state index in [0.717, 1.165) is 67.2 Å². The van der Waals surface area contributed by atoms with Crippen LogP contribution in [0.3, 0.4) is 0 Å². The van der Waals surface area contributed by atoms with Gasteiger partial charge >= 0.3 is 0 Å². The molecule has 0 spiro atoms. The van der Waals surface area contributed by atoms with Crippen molar-refractivity contribution in [2.45, 2.75) is 38.9 Å². The first-order chi connectivity index (χ1) is 34.1. The summed E-state index contributed by atoms with van der Waals surface area (Å²) in [6, 6.07) is 79.5. The number of rotatable bonds is 7. The highest BCUT2D eigenvalue weighted by Crippen LogP contribution is 2.40. The second kappa shape index (κ2) is 15.9. The fraction of sp³-hybridized carbons (Fsp3) is 0.0938. The molecule has 0 amide bonds. The molecular weight excluding hydrogens is 867 g/mol. The lowest BCUT2D eigenvalue weighted by molar-refractivity contribution is 0.729. The monoisotopic (exact) mass is 917 g/mol. The smallest absolute Gasteiger partial charge is 0.160 e. The zero-order valence-corrected chi connectivity index (χ0v) is 41.0. The van der Waals surface area contributed by atoms with Crippen molar-refractivity contribution in [2.75, 3.05) is 0 Å². The molecule has 0 aliphatic heterocycles. The van der Waals surface area contributed by atoms with Crippen LogP contribution >= 0.6 is 0 Å². The van der Waals surface area contributed by atoms with Gasteiger partial charge in [-0.15, -0.1) is 0 Å². The van der Waals surface area contributed by atoms with E-state index in [9.17, 15) is 0 Å². The lowest BCUT2D eigenvalue weighted by Crippen LogP contribution is -2.49. The first-order valence-electron chi connectivity index (χ1n) is 24.3. The van der Waals surface area contributed by atoms with Crippen LogP contribution in [0.25, 0.3) is 116 Å². The Morgan fingerprint density at radius 1 is 0.329 bits per heavy atom. The molecular formula is C64H51N5Si. The highest BCUT2D eigenvalue weighted by molar-refractivity contribution is 6.92. The van der Waals surface area contributed by atoms with Crippen LogP contribution in [0.15, 0.2) is 218 Å². The maximum absolute atomic E-state index is 5.54. The maximum atomic E-state index is 5.54. The summed E-state index contributed by atoms with van der Waals surface area (Å²) >= 11 is 0. The molecule has 5 nitrogen and oxygen atoms in total. The summed E-state index contributed by atoms with van der Waals surface area (Å²) in [6.07, 6.45) is 0. The molecule has 13 aromatic rings. The van der Waals surface area contributed by atoms with E-state index in [4.69, 9.17) is 9.97 Å². The van der Waals surface area contributed by atoms with E-state index >= 15 is 0 Å². The van der Waals surface area contributed by atoms with E-state index in [1.165, 1.54) is 48.5 Å². The third-order valence-corrected chi connectivity index (χ3v) is 20.9. The molecule has 6 heteroatoms. The van der Waals surface area contributed by atoms with Gasteiger partial charge in [0.15, 0.2) is 5.82 Å². The van der Waals surface area contributed by atoms with Crippen LogP contribution in [0.5, 0.6) is 0 Å². The molecule has 13 rings (SSSR count). The third-order valence-electron chi connectivity index (χ3n) is 15.3. The summed E-state index contributed by atoms with van der Waals surface area (Å²) in [6.45, 7) is 12.1. The van der Waals surface area contributed by atoms with Gasteiger partial charge in [0.05, 0.1) is 52.6 Å². The minimum Gasteiger partial charge on any atom is -0.309 e. The Morgan fingerprint density at radius 2 is 0.657 bits per heavy atom. The zero-order chi connectivity index (χ0) is 47.3. The standard InChI is InChI=1S/C64H51N5Si/c1-64(2,3)70(4,5)48-36-32-43(33-37-48)63-65-55(42-30-34-45(35-31-42)67-57-24-12-6-18-49(57)50-19-7-13-25-58(50)67)41-56(66-63)44-38-46(68-59-26-14-8-20-51(59)52-21-9-15-27-60(52)68)40-47(39-44)69-61-28-16-10-22-53(61)54-23-11-17-29-62(54)69/h6-41H,1-5H3. The van der Waals surface area contributed by atoms with Crippen molar-refractivity contribution in [2.24, 2.45) is 0 Å². The lowest BCUT2D eigenvalue weighted by atomic mass is 10.0. The maximum Gasteiger partial charge on any atom is 0.160 e. The Balaban J connectivity index is 1.05. The SMILES string of the molecule is CC(C)(C)[Si](C)(C)c1ccc(-c2nc(-c3ccc(-n4c5ccccc5c5ccccc54)cc3)cc(-c3cc(-n4c5ccccc5c5ccccc54)cc(-n4c5ccccc5c5ccccc54)c3)n2)cc1. The van der Waals surface area contributed by atoms with Crippen LogP contribution in [0.4, 0.5) is 0 Å². The summed E-state index contributed by atoms with van der Waals surface area (Å²) < 4.78 is 7.20. The molecule has 9 aromatic carbocycles. The van der Waals surface area contributed by atoms with E-state index in [1.54, 1.807) is 0 Å². The molecule has 0 unspecified atom stereocenters. The number of fused-ring (bicyclic) bond motifs is 9. The lowest BCUT2D eigenvalue weighted by Gasteiger charge is -2.37. The molecule has 0 fully saturated rings. The summed E-state index contributed by atoms with van der Waals surface area (Å²) in [5.74, 6) is 0.696. The zero-order valence-electron chi connectivity index (χ0n) is 40.0. The Morgan fingerprint density at radius 3 is 1.03 bits per heavy atom. The first kappa shape index (κ1) is 41.8. The van der Waals surface area contributed by atoms with Gasteiger partial charge in [-0.1, -0.05) is 185 Å². The Kier molecular flexibility index (Phi) is 9.49. The van der Waals surface area contributed by atoms with Crippen molar-refractivity contribution in [1.82, 2.24) is 23.7 Å². The molecule has 336 valence electrons. The van der Waals surface area contributed by atoms with Crippen molar-refractivity contribution in [3.8, 4) is 51.0 Å². The molecule has 70 heavy (non-hydrogen) atoms. The minimum absolute atomic E-state index is 0.207. The highest BCUT2D eigenvalue weighted by Gasteiger charge is 2.36. The Hall–Kier alpha value is -8.32. The van der Waals surface area contributed by atoms with Crippen LogP contribution in [0.2, 0.25) is 18.1 Å². The molecule has 0 N–H and O–H groups in total. The second-order valence-corrected chi connectivity index (χ2v) is 25.6. The average molecular weight is 918 g/mol. The van der Waals surface area contributed by atoms with E-state index in [2.05, 4.69) is 266 Å². The number of nitrogens with zero attached hydrogens (tertiary/aromatic N) is 5. The van der Waals surface area contributed by atoms with Gasteiger partial charge in [-0.25, -0.2) is 9.97 Å². The third kappa shape index (κ3) is 6.58. The van der Waals surface area contributed by atoms with Crippen molar-refractivity contribution in [3.05, 3.63) is 218 Å². The predicted octanol–water partition coefficient (Wildman–Crippen LogP) is 16.5. The molecule has 0 saturated heterocycles. The average Bonchev–Trinajstić information content (AvgIpc) is 4.04. The number of hydrogen-bond donors (Lipinski definition) is 0. The van der Waals surface area contributed by atoms with E-state index in [0.29, 0.717) is 5.82 Å². The van der Waals surface area contributed by atoms with Crippen LogP contribution in [-0.4, -0.2) is 31.7 Å². The van der Waals surface area contributed by atoms with Gasteiger partial charge in [-0.05, 0) is 77.8 Å². The van der Waals surface area contributed by atoms with Gasteiger partial charge in [0.2, 0.25) is 0 Å². The molecule has 0 bridgehead atoms. The minimum atomic E-state index is -1.79. The topological polar surface area (TPSA) is 40.6 Å². The fourth-order valence-electron chi connectivity index (χ4n) is 10.7. The largest absolute Gasteiger partial charge is 0.309 e. The van der Waals surface area contributed by atoms with E-state index < -0.39 is 8.07 Å². The van der Waals surface area contributed by atoms with Crippen LogP contribution in [0, 0.1) is 0 Å². The molecule has 0 saturated carbocycles.